The first-order chi connectivity index (χ1) is 7.39. The van der Waals surface area contributed by atoms with Crippen molar-refractivity contribution in [1.82, 2.24) is 0 Å². The van der Waals surface area contributed by atoms with Gasteiger partial charge in [-0.25, -0.2) is 0 Å². The highest BCUT2D eigenvalue weighted by molar-refractivity contribution is 6.60. The molecule has 0 N–H and O–H groups in total. The van der Waals surface area contributed by atoms with E-state index >= 15 is 0 Å². The van der Waals surface area contributed by atoms with E-state index < -0.39 is 8.80 Å². The summed E-state index contributed by atoms with van der Waals surface area (Å²) in [5, 5.41) is 0. The molecule has 0 aromatic heterocycles. The van der Waals surface area contributed by atoms with Gasteiger partial charge in [0, 0.05) is 19.8 Å². The molecule has 5 heteroatoms. The van der Waals surface area contributed by atoms with Gasteiger partial charge >= 0.3 is 8.80 Å². The second-order valence-electron chi connectivity index (χ2n) is 4.75. The van der Waals surface area contributed by atoms with Crippen molar-refractivity contribution in [3.8, 4) is 0 Å². The van der Waals surface area contributed by atoms with Gasteiger partial charge in [-0.05, 0) is 20.8 Å². The van der Waals surface area contributed by atoms with Crippen LogP contribution in [0.3, 0.4) is 0 Å². The zero-order valence-corrected chi connectivity index (χ0v) is 12.7. The molecule has 0 aliphatic heterocycles. The Bertz CT molecular complexity index is 166. The van der Waals surface area contributed by atoms with Gasteiger partial charge in [0.2, 0.25) is 0 Å². The molecule has 0 radical (unpaired) electrons. The molecule has 0 bridgehead atoms. The molecule has 0 saturated carbocycles. The number of hydrogen-bond donors (Lipinski definition) is 0. The minimum absolute atomic E-state index is 0.656. The Kier molecular flexibility index (Phi) is 7.42. The Morgan fingerprint density at radius 2 is 1.19 bits per heavy atom. The zero-order valence-electron chi connectivity index (χ0n) is 11.7. The molecular weight excluding hydrogens is 222 g/mol. The van der Waals surface area contributed by atoms with E-state index in [0.717, 1.165) is 17.1 Å². The van der Waals surface area contributed by atoms with Crippen LogP contribution < -0.4 is 0 Å². The molecule has 0 atom stereocenters. The fourth-order valence-electron chi connectivity index (χ4n) is 1.47. The third-order valence-electron chi connectivity index (χ3n) is 2.18. The van der Waals surface area contributed by atoms with Gasteiger partial charge in [0.15, 0.2) is 0 Å². The summed E-state index contributed by atoms with van der Waals surface area (Å²) < 4.78 is 18.3. The molecule has 0 heterocycles. The maximum atomic E-state index is 5.79. The van der Waals surface area contributed by atoms with E-state index in [0.29, 0.717) is 19.8 Å². The number of nitrogens with zero attached hydrogens (tertiary/aromatic N) is 1. The maximum absolute atomic E-state index is 5.79. The highest BCUT2D eigenvalue weighted by Gasteiger charge is 2.41. The molecule has 0 aliphatic carbocycles. The third-order valence-corrected chi connectivity index (χ3v) is 5.20. The molecule has 0 rings (SSSR count). The van der Waals surface area contributed by atoms with Crippen molar-refractivity contribution in [3.63, 3.8) is 0 Å². The summed E-state index contributed by atoms with van der Waals surface area (Å²) >= 11 is 0. The lowest BCUT2D eigenvalue weighted by Crippen LogP contribution is -2.50. The molecule has 0 spiro atoms. The second kappa shape index (κ2) is 7.40. The number of quaternary nitrogens is 1. The predicted molar refractivity (Wildman–Crippen MR) is 68.3 cm³/mol. The van der Waals surface area contributed by atoms with Crippen LogP contribution in [0.25, 0.3) is 0 Å². The van der Waals surface area contributed by atoms with Gasteiger partial charge in [-0.2, -0.15) is 0 Å². The standard InChI is InChI=1S/C11H28NO3Si/c1-7-13-16(14-8-2,15-9-3)11-10-12(4,5)6/h7-11H2,1-6H3/q+1. The molecule has 0 aliphatic rings. The Balaban J connectivity index is 4.46. The molecule has 0 aromatic rings. The topological polar surface area (TPSA) is 27.7 Å². The minimum atomic E-state index is -2.42. The van der Waals surface area contributed by atoms with Crippen molar-refractivity contribution < 1.29 is 17.8 Å². The van der Waals surface area contributed by atoms with Crippen molar-refractivity contribution in [2.45, 2.75) is 26.8 Å². The van der Waals surface area contributed by atoms with E-state index in [4.69, 9.17) is 13.3 Å². The van der Waals surface area contributed by atoms with E-state index in [9.17, 15) is 0 Å². The summed E-state index contributed by atoms with van der Waals surface area (Å²) in [6.45, 7) is 8.95. The molecule has 0 aromatic carbocycles. The molecule has 0 unspecified atom stereocenters. The average molecular weight is 250 g/mol. The highest BCUT2D eigenvalue weighted by atomic mass is 28.4. The molecular formula is C11H28NO3Si+. The summed E-state index contributed by atoms with van der Waals surface area (Å²) in [7, 11) is 4.09. The van der Waals surface area contributed by atoms with Crippen LogP contribution in [0.1, 0.15) is 20.8 Å². The third kappa shape index (κ3) is 6.60. The smallest absolute Gasteiger partial charge is 0.374 e. The zero-order chi connectivity index (χ0) is 12.7. The summed E-state index contributed by atoms with van der Waals surface area (Å²) in [6.07, 6.45) is 0. The van der Waals surface area contributed by atoms with Crippen molar-refractivity contribution in [3.05, 3.63) is 0 Å². The van der Waals surface area contributed by atoms with Gasteiger partial charge in [-0.1, -0.05) is 0 Å². The quantitative estimate of drug-likeness (QED) is 0.461. The first-order valence-corrected chi connectivity index (χ1v) is 8.04. The number of rotatable bonds is 9. The first kappa shape index (κ1) is 16.1. The molecule has 16 heavy (non-hydrogen) atoms. The van der Waals surface area contributed by atoms with Crippen LogP contribution in [0.2, 0.25) is 6.04 Å². The second-order valence-corrected chi connectivity index (χ2v) is 7.48. The van der Waals surface area contributed by atoms with E-state index in [1.165, 1.54) is 0 Å². The summed E-state index contributed by atoms with van der Waals surface area (Å²) in [5.41, 5.74) is 0. The largest absolute Gasteiger partial charge is 0.506 e. The Morgan fingerprint density at radius 1 is 0.812 bits per heavy atom. The summed E-state index contributed by atoms with van der Waals surface area (Å²) in [4.78, 5) is 0. The van der Waals surface area contributed by atoms with E-state index in [-0.39, 0.29) is 0 Å². The SMILES string of the molecule is CCO[Si](CC[N+](C)(C)C)(OCC)OCC. The molecule has 0 amide bonds. The first-order valence-electron chi connectivity index (χ1n) is 6.11. The van der Waals surface area contributed by atoms with Crippen LogP contribution in [0.15, 0.2) is 0 Å². The van der Waals surface area contributed by atoms with Gasteiger partial charge in [-0.3, -0.25) is 0 Å². The lowest BCUT2D eigenvalue weighted by atomic mass is 10.6. The average Bonchev–Trinajstić information content (AvgIpc) is 2.15. The van der Waals surface area contributed by atoms with E-state index in [1.54, 1.807) is 0 Å². The van der Waals surface area contributed by atoms with Gasteiger partial charge < -0.3 is 17.8 Å². The fraction of sp³-hybridized carbons (Fsp3) is 1.00. The molecule has 4 nitrogen and oxygen atoms in total. The Morgan fingerprint density at radius 3 is 1.44 bits per heavy atom. The highest BCUT2D eigenvalue weighted by Crippen LogP contribution is 2.17. The summed E-state index contributed by atoms with van der Waals surface area (Å²) in [6, 6.07) is 0.881. The fourth-order valence-corrected chi connectivity index (χ4v) is 4.42. The van der Waals surface area contributed by atoms with Crippen LogP contribution in [-0.4, -0.2) is 60.8 Å². The predicted octanol–water partition coefficient (Wildman–Crippen LogP) is 1.74. The van der Waals surface area contributed by atoms with Crippen LogP contribution in [0, 0.1) is 0 Å². The van der Waals surface area contributed by atoms with Crippen molar-refractivity contribution in [2.75, 3.05) is 47.5 Å². The minimum Gasteiger partial charge on any atom is -0.374 e. The van der Waals surface area contributed by atoms with E-state index in [1.807, 2.05) is 20.8 Å². The lowest BCUT2D eigenvalue weighted by Gasteiger charge is -2.32. The van der Waals surface area contributed by atoms with Crippen molar-refractivity contribution in [2.24, 2.45) is 0 Å². The van der Waals surface area contributed by atoms with E-state index in [2.05, 4.69) is 21.1 Å². The van der Waals surface area contributed by atoms with Crippen molar-refractivity contribution >= 4 is 8.80 Å². The van der Waals surface area contributed by atoms with Crippen molar-refractivity contribution in [1.29, 1.82) is 0 Å². The molecule has 0 fully saturated rings. The lowest BCUT2D eigenvalue weighted by molar-refractivity contribution is -0.868. The Hall–Kier alpha value is 0.0569. The van der Waals surface area contributed by atoms with Gasteiger partial charge in [0.25, 0.3) is 0 Å². The van der Waals surface area contributed by atoms with Gasteiger partial charge in [0.05, 0.1) is 33.7 Å². The number of hydrogen-bond acceptors (Lipinski definition) is 3. The normalized spacial score (nSPS) is 13.1. The summed E-state index contributed by atoms with van der Waals surface area (Å²) in [5.74, 6) is 0. The van der Waals surface area contributed by atoms with Crippen LogP contribution in [0.5, 0.6) is 0 Å². The van der Waals surface area contributed by atoms with Crippen LogP contribution in [-0.2, 0) is 13.3 Å². The maximum Gasteiger partial charge on any atom is 0.506 e. The molecule has 0 saturated heterocycles. The van der Waals surface area contributed by atoms with Gasteiger partial charge in [-0.15, -0.1) is 0 Å². The molecule has 98 valence electrons. The van der Waals surface area contributed by atoms with Crippen LogP contribution in [0.4, 0.5) is 0 Å². The van der Waals surface area contributed by atoms with Gasteiger partial charge in [0.1, 0.15) is 0 Å². The Labute approximate surface area is 101 Å². The monoisotopic (exact) mass is 250 g/mol. The van der Waals surface area contributed by atoms with Crippen LogP contribution >= 0.6 is 0 Å².